The number of fused-ring (bicyclic) bond motifs is 1. The van der Waals surface area contributed by atoms with Gasteiger partial charge in [0.2, 0.25) is 11.8 Å². The molecule has 1 unspecified atom stereocenters. The molecule has 0 radical (unpaired) electrons. The van der Waals surface area contributed by atoms with Crippen molar-refractivity contribution in [1.82, 2.24) is 9.88 Å². The van der Waals surface area contributed by atoms with E-state index in [0.717, 1.165) is 43.1 Å². The number of halogens is 3. The van der Waals surface area contributed by atoms with Gasteiger partial charge in [-0.15, -0.1) is 0 Å². The third kappa shape index (κ3) is 7.43. The van der Waals surface area contributed by atoms with Gasteiger partial charge in [-0.2, -0.15) is 13.2 Å². The molecule has 7 nitrogen and oxygen atoms in total. The largest absolute Gasteiger partial charge is 0.457 e. The van der Waals surface area contributed by atoms with Gasteiger partial charge in [0.05, 0.1) is 5.56 Å². The number of likely N-dealkylation sites (tertiary alicyclic amines) is 1. The number of hydrogen-bond acceptors (Lipinski definition) is 5. The number of aromatic nitrogens is 1. The van der Waals surface area contributed by atoms with Crippen LogP contribution in [0.3, 0.4) is 0 Å². The Balaban J connectivity index is 1.27. The average Bonchev–Trinajstić information content (AvgIpc) is 3.45. The van der Waals surface area contributed by atoms with Gasteiger partial charge in [-0.25, -0.2) is 4.98 Å². The van der Waals surface area contributed by atoms with Crippen LogP contribution in [-0.4, -0.2) is 34.8 Å². The predicted octanol–water partition coefficient (Wildman–Crippen LogP) is 6.58. The van der Waals surface area contributed by atoms with Crippen LogP contribution >= 0.6 is 0 Å². The number of nitrogens with one attached hydrogen (secondary N) is 2. The molecule has 2 aliphatic rings. The Kier molecular flexibility index (Phi) is 8.58. The number of carbonyl (C=O) groups is 2. The van der Waals surface area contributed by atoms with Gasteiger partial charge in [-0.3, -0.25) is 14.5 Å². The van der Waals surface area contributed by atoms with Crippen molar-refractivity contribution in [2.24, 2.45) is 5.92 Å². The lowest BCUT2D eigenvalue weighted by Gasteiger charge is -2.25. The predicted molar refractivity (Wildman–Crippen MR) is 150 cm³/mol. The number of hydrogen-bond donors (Lipinski definition) is 2. The van der Waals surface area contributed by atoms with Crippen LogP contribution in [0.2, 0.25) is 0 Å². The summed E-state index contributed by atoms with van der Waals surface area (Å²) >= 11 is 0. The number of alkyl halides is 3. The Morgan fingerprint density at radius 1 is 1.00 bits per heavy atom. The van der Waals surface area contributed by atoms with Gasteiger partial charge in [-0.1, -0.05) is 13.0 Å². The van der Waals surface area contributed by atoms with Crippen LogP contribution in [0.25, 0.3) is 0 Å². The minimum absolute atomic E-state index is 0.152. The zero-order valence-electron chi connectivity index (χ0n) is 22.9. The molecule has 1 atom stereocenters. The molecular weight excluding hydrogens is 533 g/mol. The van der Waals surface area contributed by atoms with Crippen molar-refractivity contribution in [3.63, 3.8) is 0 Å². The fourth-order valence-corrected chi connectivity index (χ4v) is 5.39. The lowest BCUT2D eigenvalue weighted by atomic mass is 9.83. The average molecular weight is 567 g/mol. The van der Waals surface area contributed by atoms with Gasteiger partial charge in [0.1, 0.15) is 17.3 Å². The summed E-state index contributed by atoms with van der Waals surface area (Å²) in [6.07, 6.45) is 1.19. The molecule has 1 aliphatic carbocycles. The van der Waals surface area contributed by atoms with Crippen LogP contribution in [0, 0.1) is 5.92 Å². The first kappa shape index (κ1) is 28.6. The number of benzene rings is 2. The first-order chi connectivity index (χ1) is 19.7. The molecule has 0 bridgehead atoms. The lowest BCUT2D eigenvalue weighted by Crippen LogP contribution is -2.28. The summed E-state index contributed by atoms with van der Waals surface area (Å²) in [4.78, 5) is 31.2. The molecule has 2 N–H and O–H groups in total. The van der Waals surface area contributed by atoms with Crippen molar-refractivity contribution in [2.75, 3.05) is 23.7 Å². The Labute approximate surface area is 237 Å². The Bertz CT molecular complexity index is 1420. The normalized spacial score (nSPS) is 17.1. The SMILES string of the molecule is CCC(=O)Nc1cc(Oc2ccc3c(c2)CC(C(=O)Nc2cc(CN4CCCC4)cc(C(F)(F)F)c2)CC3)ccn1. The summed E-state index contributed by atoms with van der Waals surface area (Å²) in [6.45, 7) is 3.91. The second kappa shape index (κ2) is 12.3. The van der Waals surface area contributed by atoms with Gasteiger partial charge in [0.15, 0.2) is 0 Å². The summed E-state index contributed by atoms with van der Waals surface area (Å²) in [6, 6.07) is 12.9. The highest BCUT2D eigenvalue weighted by atomic mass is 19.4. The highest BCUT2D eigenvalue weighted by molar-refractivity contribution is 5.93. The van der Waals surface area contributed by atoms with E-state index in [1.54, 1.807) is 31.3 Å². The lowest BCUT2D eigenvalue weighted by molar-refractivity contribution is -0.137. The molecule has 1 aliphatic heterocycles. The first-order valence-corrected chi connectivity index (χ1v) is 14.0. The Morgan fingerprint density at radius 2 is 1.78 bits per heavy atom. The maximum absolute atomic E-state index is 13.6. The van der Waals surface area contributed by atoms with Crippen molar-refractivity contribution >= 4 is 23.3 Å². The van der Waals surface area contributed by atoms with E-state index in [1.165, 1.54) is 6.07 Å². The zero-order chi connectivity index (χ0) is 29.0. The van der Waals surface area contributed by atoms with Crippen molar-refractivity contribution in [3.8, 4) is 11.5 Å². The van der Waals surface area contributed by atoms with E-state index in [4.69, 9.17) is 4.74 Å². The van der Waals surface area contributed by atoms with Gasteiger partial charge in [0, 0.05) is 36.8 Å². The molecule has 41 heavy (non-hydrogen) atoms. The molecule has 2 amide bonds. The number of carbonyl (C=O) groups excluding carboxylic acids is 2. The summed E-state index contributed by atoms with van der Waals surface area (Å²) in [7, 11) is 0. The van der Waals surface area contributed by atoms with Gasteiger partial charge in [-0.05, 0) is 98.3 Å². The van der Waals surface area contributed by atoms with E-state index in [0.29, 0.717) is 55.1 Å². The fraction of sp³-hybridized carbons (Fsp3) is 0.387. The van der Waals surface area contributed by atoms with Gasteiger partial charge >= 0.3 is 6.18 Å². The molecule has 1 saturated heterocycles. The second-order valence-corrected chi connectivity index (χ2v) is 10.6. The van der Waals surface area contributed by atoms with Crippen LogP contribution in [-0.2, 0) is 35.2 Å². The van der Waals surface area contributed by atoms with E-state index in [-0.39, 0.29) is 23.4 Å². The third-order valence-corrected chi connectivity index (χ3v) is 7.53. The molecule has 0 spiro atoms. The Morgan fingerprint density at radius 3 is 2.54 bits per heavy atom. The summed E-state index contributed by atoms with van der Waals surface area (Å²) in [5.74, 6) is 0.645. The van der Waals surface area contributed by atoms with Crippen molar-refractivity contribution in [1.29, 1.82) is 0 Å². The molecule has 2 heterocycles. The molecule has 1 aromatic heterocycles. The maximum Gasteiger partial charge on any atom is 0.416 e. The van der Waals surface area contributed by atoms with Crippen LogP contribution in [0.15, 0.2) is 54.7 Å². The number of ether oxygens (including phenoxy) is 1. The molecule has 5 rings (SSSR count). The summed E-state index contributed by atoms with van der Waals surface area (Å²) in [5.41, 5.74) is 2.03. The number of rotatable bonds is 8. The number of amides is 2. The van der Waals surface area contributed by atoms with Crippen molar-refractivity contribution in [2.45, 2.75) is 58.2 Å². The third-order valence-electron chi connectivity index (χ3n) is 7.53. The van der Waals surface area contributed by atoms with Gasteiger partial charge < -0.3 is 15.4 Å². The van der Waals surface area contributed by atoms with Crippen LogP contribution in [0.1, 0.15) is 54.9 Å². The highest BCUT2D eigenvalue weighted by Crippen LogP contribution is 2.34. The van der Waals surface area contributed by atoms with E-state index < -0.39 is 11.7 Å². The van der Waals surface area contributed by atoms with Crippen LogP contribution in [0.5, 0.6) is 11.5 Å². The van der Waals surface area contributed by atoms with Crippen LogP contribution in [0.4, 0.5) is 24.7 Å². The summed E-state index contributed by atoms with van der Waals surface area (Å²) in [5, 5.41) is 5.47. The summed E-state index contributed by atoms with van der Waals surface area (Å²) < 4.78 is 46.9. The molecule has 10 heteroatoms. The topological polar surface area (TPSA) is 83.6 Å². The smallest absolute Gasteiger partial charge is 0.416 e. The number of anilines is 2. The van der Waals surface area contributed by atoms with Crippen LogP contribution < -0.4 is 15.4 Å². The molecular formula is C31H33F3N4O3. The molecule has 0 saturated carbocycles. The minimum Gasteiger partial charge on any atom is -0.457 e. The number of pyridine rings is 1. The first-order valence-electron chi connectivity index (χ1n) is 14.0. The standard InChI is InChI=1S/C31H33F3N4O3/c1-2-29(39)37-28-18-27(9-10-35-28)41-26-8-7-21-5-6-22(15-23(21)16-26)30(40)36-25-14-20(19-38-11-3-4-12-38)13-24(17-25)31(32,33)34/h7-10,13-14,16-18,22H,2-6,11-12,15,19H2,1H3,(H,36,40)(H,35,37,39). The monoisotopic (exact) mass is 566 g/mol. The molecule has 216 valence electrons. The quantitative estimate of drug-likeness (QED) is 0.322. The van der Waals surface area contributed by atoms with Crippen molar-refractivity contribution < 1.29 is 27.5 Å². The maximum atomic E-state index is 13.6. The van der Waals surface area contributed by atoms with Crippen molar-refractivity contribution in [3.05, 3.63) is 77.0 Å². The number of aryl methyl sites for hydroxylation is 1. The van der Waals surface area contributed by atoms with E-state index in [2.05, 4.69) is 20.5 Å². The van der Waals surface area contributed by atoms with E-state index >= 15 is 0 Å². The minimum atomic E-state index is -4.50. The highest BCUT2D eigenvalue weighted by Gasteiger charge is 2.32. The molecule has 1 fully saturated rings. The fourth-order valence-electron chi connectivity index (χ4n) is 5.39. The zero-order valence-corrected chi connectivity index (χ0v) is 22.9. The Hall–Kier alpha value is -3.92. The van der Waals surface area contributed by atoms with E-state index in [1.807, 2.05) is 18.2 Å². The second-order valence-electron chi connectivity index (χ2n) is 10.6. The molecule has 3 aromatic rings. The van der Waals surface area contributed by atoms with Gasteiger partial charge in [0.25, 0.3) is 0 Å². The van der Waals surface area contributed by atoms with E-state index in [9.17, 15) is 22.8 Å². The molecule has 2 aromatic carbocycles. The number of nitrogens with zero attached hydrogens (tertiary/aromatic N) is 2.